The van der Waals surface area contributed by atoms with E-state index < -0.39 is 0 Å². The lowest BCUT2D eigenvalue weighted by Crippen LogP contribution is -2.43. The molecule has 1 aliphatic heterocycles. The lowest BCUT2D eigenvalue weighted by molar-refractivity contribution is 0.0993. The summed E-state index contributed by atoms with van der Waals surface area (Å²) < 4.78 is 7.94. The predicted octanol–water partition coefficient (Wildman–Crippen LogP) is 5.35. The number of ketones is 1. The molecule has 3 aromatic heterocycles. The number of ether oxygens (including phenoxy) is 1. The second-order valence-corrected chi connectivity index (χ2v) is 11.2. The molecule has 6 rings (SSSR count). The van der Waals surface area contributed by atoms with Gasteiger partial charge in [-0.3, -0.25) is 19.4 Å². The molecule has 4 heterocycles. The highest BCUT2D eigenvalue weighted by atomic mass is 35.5. The van der Waals surface area contributed by atoms with E-state index in [1.807, 2.05) is 31.3 Å². The number of hydrogen-bond donors (Lipinski definition) is 0. The van der Waals surface area contributed by atoms with Crippen LogP contribution in [0.5, 0.6) is 11.6 Å². The van der Waals surface area contributed by atoms with E-state index in [-0.39, 0.29) is 12.2 Å². The van der Waals surface area contributed by atoms with E-state index in [1.165, 1.54) is 5.56 Å². The SMILES string of the molecule is Cc1cc(C(=O)Cc2cc(Oc3nc(-c4cccnc4)nc4c3cnn4C)ccc2Cl)ccc1CN1CCN(C)CC1. The fourth-order valence-electron chi connectivity index (χ4n) is 5.13. The van der Waals surface area contributed by atoms with Gasteiger partial charge in [-0.25, -0.2) is 4.98 Å². The van der Waals surface area contributed by atoms with Crippen molar-refractivity contribution in [1.82, 2.24) is 34.5 Å². The molecule has 0 radical (unpaired) electrons. The summed E-state index contributed by atoms with van der Waals surface area (Å²) in [4.78, 5) is 31.7. The first-order chi connectivity index (χ1) is 20.3. The van der Waals surface area contributed by atoms with Gasteiger partial charge in [0.1, 0.15) is 11.1 Å². The van der Waals surface area contributed by atoms with Crippen LogP contribution in [0.4, 0.5) is 0 Å². The fourth-order valence-corrected chi connectivity index (χ4v) is 5.31. The van der Waals surface area contributed by atoms with Crippen LogP contribution in [0.2, 0.25) is 5.02 Å². The number of halogens is 1. The Balaban J connectivity index is 1.21. The van der Waals surface area contributed by atoms with Gasteiger partial charge in [0, 0.05) is 74.7 Å². The summed E-state index contributed by atoms with van der Waals surface area (Å²) in [5.74, 6) is 1.35. The van der Waals surface area contributed by atoms with E-state index in [0.717, 1.165) is 43.9 Å². The number of likely N-dealkylation sites (N-methyl/N-ethyl adjacent to an activating group) is 1. The van der Waals surface area contributed by atoms with Crippen molar-refractivity contribution in [2.45, 2.75) is 19.9 Å². The van der Waals surface area contributed by atoms with E-state index >= 15 is 0 Å². The number of rotatable bonds is 8. The molecule has 5 aromatic rings. The zero-order valence-electron chi connectivity index (χ0n) is 23.9. The number of Topliss-reactive ketones (excluding diaryl/α,β-unsaturated/α-hetero) is 1. The zero-order valence-corrected chi connectivity index (χ0v) is 24.7. The Labute approximate surface area is 249 Å². The van der Waals surface area contributed by atoms with Gasteiger partial charge in [0.05, 0.1) is 6.20 Å². The van der Waals surface area contributed by atoms with Gasteiger partial charge in [0.2, 0.25) is 5.88 Å². The number of aryl methyl sites for hydroxylation is 2. The molecule has 0 spiro atoms. The van der Waals surface area contributed by atoms with Crippen LogP contribution >= 0.6 is 11.6 Å². The first kappa shape index (κ1) is 28.0. The van der Waals surface area contributed by atoms with Crippen LogP contribution < -0.4 is 4.74 Å². The van der Waals surface area contributed by atoms with E-state index in [0.29, 0.717) is 44.6 Å². The number of pyridine rings is 1. The Kier molecular flexibility index (Phi) is 7.97. The van der Waals surface area contributed by atoms with Crippen molar-refractivity contribution in [3.05, 3.63) is 94.4 Å². The van der Waals surface area contributed by atoms with Crippen molar-refractivity contribution in [1.29, 1.82) is 0 Å². The lowest BCUT2D eigenvalue weighted by Gasteiger charge is -2.32. The quantitative estimate of drug-likeness (QED) is 0.227. The van der Waals surface area contributed by atoms with Crippen LogP contribution in [0.25, 0.3) is 22.4 Å². The number of nitrogens with zero attached hydrogens (tertiary/aromatic N) is 7. The predicted molar refractivity (Wildman–Crippen MR) is 163 cm³/mol. The summed E-state index contributed by atoms with van der Waals surface area (Å²) in [5, 5.41) is 5.51. The molecule has 0 aliphatic carbocycles. The fraction of sp³-hybridized carbons (Fsp3) is 0.281. The van der Waals surface area contributed by atoms with Crippen molar-refractivity contribution < 1.29 is 9.53 Å². The van der Waals surface area contributed by atoms with Gasteiger partial charge < -0.3 is 9.64 Å². The highest BCUT2D eigenvalue weighted by Gasteiger charge is 2.18. The summed E-state index contributed by atoms with van der Waals surface area (Å²) in [7, 11) is 3.98. The Morgan fingerprint density at radius 2 is 1.81 bits per heavy atom. The molecule has 9 nitrogen and oxygen atoms in total. The van der Waals surface area contributed by atoms with Crippen molar-refractivity contribution in [2.75, 3.05) is 33.2 Å². The van der Waals surface area contributed by atoms with Crippen molar-refractivity contribution in [3.63, 3.8) is 0 Å². The molecule has 1 saturated heterocycles. The third-order valence-electron chi connectivity index (χ3n) is 7.71. The summed E-state index contributed by atoms with van der Waals surface area (Å²) in [5.41, 5.74) is 5.12. The molecule has 1 fully saturated rings. The molecule has 42 heavy (non-hydrogen) atoms. The molecule has 0 atom stereocenters. The van der Waals surface area contributed by atoms with Crippen LogP contribution in [-0.4, -0.2) is 73.5 Å². The highest BCUT2D eigenvalue weighted by Crippen LogP contribution is 2.32. The Morgan fingerprint density at radius 1 is 0.976 bits per heavy atom. The van der Waals surface area contributed by atoms with E-state index in [9.17, 15) is 4.79 Å². The van der Waals surface area contributed by atoms with Gasteiger partial charge in [-0.1, -0.05) is 23.7 Å². The van der Waals surface area contributed by atoms with Crippen molar-refractivity contribution in [3.8, 4) is 23.0 Å². The number of fused-ring (bicyclic) bond motifs is 1. The topological polar surface area (TPSA) is 89.3 Å². The molecule has 214 valence electrons. The Bertz CT molecular complexity index is 1750. The molecule has 0 saturated carbocycles. The number of carbonyl (C=O) groups is 1. The summed E-state index contributed by atoms with van der Waals surface area (Å²) in [6.07, 6.45) is 5.23. The maximum atomic E-state index is 13.4. The Morgan fingerprint density at radius 3 is 2.57 bits per heavy atom. The number of piperazine rings is 1. The first-order valence-electron chi connectivity index (χ1n) is 13.9. The molecule has 10 heteroatoms. The second kappa shape index (κ2) is 12.0. The van der Waals surface area contributed by atoms with Gasteiger partial charge in [-0.05, 0) is 67.1 Å². The summed E-state index contributed by atoms with van der Waals surface area (Å²) in [6, 6.07) is 15.0. The smallest absolute Gasteiger partial charge is 0.234 e. The molecule has 1 aliphatic rings. The van der Waals surface area contributed by atoms with Gasteiger partial charge in [-0.2, -0.15) is 10.1 Å². The third kappa shape index (κ3) is 6.04. The molecule has 2 aromatic carbocycles. The van der Waals surface area contributed by atoms with E-state index in [1.54, 1.807) is 41.5 Å². The van der Waals surface area contributed by atoms with Crippen molar-refractivity contribution >= 4 is 28.4 Å². The van der Waals surface area contributed by atoms with E-state index in [2.05, 4.69) is 49.9 Å². The van der Waals surface area contributed by atoms with Crippen molar-refractivity contribution in [2.24, 2.45) is 7.05 Å². The second-order valence-electron chi connectivity index (χ2n) is 10.8. The minimum atomic E-state index is -0.00107. The normalized spacial score (nSPS) is 14.4. The standard InChI is InChI=1S/C32H32ClN7O2/c1-21-15-22(6-7-24(21)20-40-13-11-38(2)12-14-40)29(41)17-25-16-26(8-9-28(25)33)42-32-27-19-35-39(3)31(27)36-30(37-32)23-5-4-10-34-18-23/h4-10,15-16,18-19H,11-14,17,20H2,1-3H3. The Hall–Kier alpha value is -4.18. The first-order valence-corrected chi connectivity index (χ1v) is 14.3. The number of hydrogen-bond acceptors (Lipinski definition) is 8. The van der Waals surface area contributed by atoms with Crippen LogP contribution in [0.1, 0.15) is 27.0 Å². The van der Waals surface area contributed by atoms with Crippen LogP contribution in [0.15, 0.2) is 67.1 Å². The van der Waals surface area contributed by atoms with Crippen LogP contribution in [0.3, 0.4) is 0 Å². The van der Waals surface area contributed by atoms with E-state index in [4.69, 9.17) is 16.3 Å². The number of benzene rings is 2. The van der Waals surface area contributed by atoms with Gasteiger partial charge in [0.25, 0.3) is 0 Å². The minimum absolute atomic E-state index is 0.00107. The van der Waals surface area contributed by atoms with Gasteiger partial charge in [-0.15, -0.1) is 0 Å². The maximum absolute atomic E-state index is 13.4. The molecular formula is C32H32ClN7O2. The zero-order chi connectivity index (χ0) is 29.2. The molecule has 0 N–H and O–H groups in total. The highest BCUT2D eigenvalue weighted by molar-refractivity contribution is 6.31. The number of carbonyl (C=O) groups excluding carboxylic acids is 1. The van der Waals surface area contributed by atoms with Gasteiger partial charge >= 0.3 is 0 Å². The molecule has 0 unspecified atom stereocenters. The average Bonchev–Trinajstić information content (AvgIpc) is 3.38. The molecular weight excluding hydrogens is 550 g/mol. The molecule has 0 bridgehead atoms. The van der Waals surface area contributed by atoms with Crippen LogP contribution in [-0.2, 0) is 20.0 Å². The molecule has 0 amide bonds. The van der Waals surface area contributed by atoms with Gasteiger partial charge in [0.15, 0.2) is 17.3 Å². The maximum Gasteiger partial charge on any atom is 0.234 e. The monoisotopic (exact) mass is 581 g/mol. The average molecular weight is 582 g/mol. The third-order valence-corrected chi connectivity index (χ3v) is 8.08. The minimum Gasteiger partial charge on any atom is -0.438 e. The number of aromatic nitrogens is 5. The largest absolute Gasteiger partial charge is 0.438 e. The summed E-state index contributed by atoms with van der Waals surface area (Å²) >= 11 is 6.55. The summed E-state index contributed by atoms with van der Waals surface area (Å²) in [6.45, 7) is 7.24. The van der Waals surface area contributed by atoms with Crippen LogP contribution in [0, 0.1) is 6.92 Å². The lowest BCUT2D eigenvalue weighted by atomic mass is 9.98.